The van der Waals surface area contributed by atoms with Gasteiger partial charge in [0.25, 0.3) is 0 Å². The van der Waals surface area contributed by atoms with Crippen molar-refractivity contribution in [1.82, 2.24) is 14.8 Å². The largest absolute Gasteiger partial charge is 0.370 e. The van der Waals surface area contributed by atoms with E-state index in [-0.39, 0.29) is 11.7 Å². The summed E-state index contributed by atoms with van der Waals surface area (Å²) in [4.78, 5) is 13.9. The molecule has 3 aromatic rings. The van der Waals surface area contributed by atoms with Crippen LogP contribution < -0.4 is 10.2 Å². The number of carbonyl (C=O) groups is 1. The summed E-state index contributed by atoms with van der Waals surface area (Å²) in [5, 5.41) is 12.5. The third-order valence-electron chi connectivity index (χ3n) is 4.76. The van der Waals surface area contributed by atoms with Gasteiger partial charge >= 0.3 is 0 Å². The molecular formula is C21H23BrN5O2S+. The van der Waals surface area contributed by atoms with Crippen molar-refractivity contribution in [1.29, 1.82) is 0 Å². The third-order valence-corrected chi connectivity index (χ3v) is 6.19. The molecule has 0 bridgehead atoms. The van der Waals surface area contributed by atoms with Crippen molar-refractivity contribution in [3.05, 3.63) is 64.9 Å². The number of thioether (sulfide) groups is 1. The number of para-hydroxylation sites is 1. The van der Waals surface area contributed by atoms with Crippen LogP contribution >= 0.6 is 27.7 Å². The van der Waals surface area contributed by atoms with Gasteiger partial charge in [0.15, 0.2) is 11.0 Å². The summed E-state index contributed by atoms with van der Waals surface area (Å²) in [7, 11) is 0. The van der Waals surface area contributed by atoms with Gasteiger partial charge in [0, 0.05) is 15.8 Å². The fraction of sp³-hybridized carbons (Fsp3) is 0.286. The average molecular weight is 489 g/mol. The van der Waals surface area contributed by atoms with E-state index in [0.717, 1.165) is 54.5 Å². The van der Waals surface area contributed by atoms with E-state index in [2.05, 4.69) is 36.0 Å². The van der Waals surface area contributed by atoms with Gasteiger partial charge in [-0.1, -0.05) is 52.0 Å². The van der Waals surface area contributed by atoms with E-state index in [0.29, 0.717) is 5.16 Å². The lowest BCUT2D eigenvalue weighted by molar-refractivity contribution is -0.922. The number of halogens is 1. The highest BCUT2D eigenvalue weighted by Crippen LogP contribution is 2.22. The second kappa shape index (κ2) is 10.2. The first kappa shape index (κ1) is 21.0. The fourth-order valence-electron chi connectivity index (χ4n) is 3.30. The third kappa shape index (κ3) is 5.48. The zero-order chi connectivity index (χ0) is 20.8. The minimum absolute atomic E-state index is 0.0823. The van der Waals surface area contributed by atoms with Gasteiger partial charge in [0.05, 0.1) is 19.0 Å². The Morgan fingerprint density at radius 2 is 1.93 bits per heavy atom. The molecule has 2 N–H and O–H groups in total. The van der Waals surface area contributed by atoms with Crippen LogP contribution in [-0.4, -0.2) is 52.7 Å². The Kier molecular flexibility index (Phi) is 7.16. The first-order valence-corrected chi connectivity index (χ1v) is 11.6. The summed E-state index contributed by atoms with van der Waals surface area (Å²) < 4.78 is 8.44. The fourth-order valence-corrected chi connectivity index (χ4v) is 4.47. The second-order valence-electron chi connectivity index (χ2n) is 6.96. The second-order valence-corrected chi connectivity index (χ2v) is 8.81. The number of amides is 1. The maximum atomic E-state index is 12.4. The Morgan fingerprint density at radius 1 is 1.13 bits per heavy atom. The molecule has 1 saturated heterocycles. The molecule has 156 valence electrons. The lowest BCUT2D eigenvalue weighted by Gasteiger charge is -2.23. The van der Waals surface area contributed by atoms with Crippen molar-refractivity contribution in [2.75, 3.05) is 37.4 Å². The molecule has 0 atom stereocenters. The normalized spacial score (nSPS) is 14.6. The number of nitrogens with zero attached hydrogens (tertiary/aromatic N) is 3. The van der Waals surface area contributed by atoms with Crippen molar-refractivity contribution in [2.45, 2.75) is 11.7 Å². The molecule has 0 unspecified atom stereocenters. The van der Waals surface area contributed by atoms with Crippen molar-refractivity contribution in [3.63, 3.8) is 0 Å². The van der Waals surface area contributed by atoms with E-state index in [1.807, 2.05) is 54.6 Å². The van der Waals surface area contributed by atoms with E-state index in [4.69, 9.17) is 4.74 Å². The number of morpholine rings is 1. The van der Waals surface area contributed by atoms with E-state index in [1.165, 1.54) is 16.7 Å². The Balaban J connectivity index is 1.48. The van der Waals surface area contributed by atoms with Gasteiger partial charge in [-0.15, -0.1) is 10.2 Å². The molecule has 4 rings (SSSR count). The first-order valence-electron chi connectivity index (χ1n) is 9.78. The maximum absolute atomic E-state index is 12.4. The standard InChI is InChI=1S/C21H22BrN5O2S/c22-16-5-4-6-17(13-16)23-20(28)15-30-21-25-24-19(14-26-9-11-29-12-10-26)27(21)18-7-2-1-3-8-18/h1-8,13H,9-12,14-15H2,(H,23,28)/p+1. The smallest absolute Gasteiger partial charge is 0.234 e. The maximum Gasteiger partial charge on any atom is 0.234 e. The van der Waals surface area contributed by atoms with Crippen LogP contribution in [-0.2, 0) is 16.1 Å². The number of carbonyl (C=O) groups excluding carboxylic acids is 1. The van der Waals surface area contributed by atoms with Crippen LogP contribution in [0.25, 0.3) is 5.69 Å². The lowest BCUT2D eigenvalue weighted by atomic mass is 10.3. The number of hydrogen-bond acceptors (Lipinski definition) is 5. The highest BCUT2D eigenvalue weighted by atomic mass is 79.9. The number of nitrogens with one attached hydrogen (secondary N) is 2. The zero-order valence-electron chi connectivity index (χ0n) is 16.4. The summed E-state index contributed by atoms with van der Waals surface area (Å²) >= 11 is 4.81. The number of anilines is 1. The van der Waals surface area contributed by atoms with Gasteiger partial charge in [-0.2, -0.15) is 0 Å². The number of ether oxygens (including phenoxy) is 1. The Morgan fingerprint density at radius 3 is 2.70 bits per heavy atom. The molecular weight excluding hydrogens is 466 g/mol. The lowest BCUT2D eigenvalue weighted by Crippen LogP contribution is -3.12. The number of hydrogen-bond donors (Lipinski definition) is 2. The molecule has 0 aliphatic carbocycles. The highest BCUT2D eigenvalue weighted by Gasteiger charge is 2.21. The Hall–Kier alpha value is -2.20. The van der Waals surface area contributed by atoms with E-state index < -0.39 is 0 Å². The van der Waals surface area contributed by atoms with E-state index in [9.17, 15) is 4.79 Å². The SMILES string of the molecule is O=C(CSc1nnc(C[NH+]2CCOCC2)n1-c1ccccc1)Nc1cccc(Br)c1. The molecule has 1 fully saturated rings. The van der Waals surface area contributed by atoms with Crippen LogP contribution in [0, 0.1) is 0 Å². The van der Waals surface area contributed by atoms with Crippen molar-refractivity contribution in [2.24, 2.45) is 0 Å². The van der Waals surface area contributed by atoms with Gasteiger partial charge in [0.1, 0.15) is 19.6 Å². The van der Waals surface area contributed by atoms with Crippen molar-refractivity contribution >= 4 is 39.3 Å². The minimum atomic E-state index is -0.0823. The predicted octanol–water partition coefficient (Wildman–Crippen LogP) is 2.18. The predicted molar refractivity (Wildman–Crippen MR) is 120 cm³/mol. The Bertz CT molecular complexity index is 992. The highest BCUT2D eigenvalue weighted by molar-refractivity contribution is 9.10. The van der Waals surface area contributed by atoms with Gasteiger partial charge in [-0.05, 0) is 30.3 Å². The first-order chi connectivity index (χ1) is 14.7. The molecule has 2 aromatic carbocycles. The van der Waals surface area contributed by atoms with Crippen LogP contribution in [0.4, 0.5) is 5.69 Å². The van der Waals surface area contributed by atoms with Crippen molar-refractivity contribution < 1.29 is 14.4 Å². The summed E-state index contributed by atoms with van der Waals surface area (Å²) in [6.45, 7) is 4.23. The number of quaternary nitrogens is 1. The zero-order valence-corrected chi connectivity index (χ0v) is 18.8. The van der Waals surface area contributed by atoms with Gasteiger partial charge < -0.3 is 15.0 Å². The molecule has 9 heteroatoms. The molecule has 1 aliphatic rings. The van der Waals surface area contributed by atoms with Crippen LogP contribution in [0.2, 0.25) is 0 Å². The number of benzene rings is 2. The summed E-state index contributed by atoms with van der Waals surface area (Å²) in [5.74, 6) is 1.07. The molecule has 1 aromatic heterocycles. The summed E-state index contributed by atoms with van der Waals surface area (Å²) in [6.07, 6.45) is 0. The summed E-state index contributed by atoms with van der Waals surface area (Å²) in [5.41, 5.74) is 1.76. The molecule has 1 amide bonds. The number of aromatic nitrogens is 3. The monoisotopic (exact) mass is 488 g/mol. The molecule has 2 heterocycles. The average Bonchev–Trinajstić information content (AvgIpc) is 3.16. The molecule has 0 saturated carbocycles. The van der Waals surface area contributed by atoms with Crippen LogP contribution in [0.1, 0.15) is 5.82 Å². The quantitative estimate of drug-likeness (QED) is 0.498. The van der Waals surface area contributed by atoms with Crippen LogP contribution in [0.5, 0.6) is 0 Å². The molecule has 0 spiro atoms. The van der Waals surface area contributed by atoms with Crippen LogP contribution in [0.3, 0.4) is 0 Å². The minimum Gasteiger partial charge on any atom is -0.370 e. The van der Waals surface area contributed by atoms with Crippen LogP contribution in [0.15, 0.2) is 64.2 Å². The summed E-state index contributed by atoms with van der Waals surface area (Å²) in [6, 6.07) is 17.6. The van der Waals surface area contributed by atoms with Gasteiger partial charge in [-0.3, -0.25) is 9.36 Å². The van der Waals surface area contributed by atoms with E-state index >= 15 is 0 Å². The molecule has 0 radical (unpaired) electrons. The molecule has 7 nitrogen and oxygen atoms in total. The number of rotatable bonds is 7. The topological polar surface area (TPSA) is 73.5 Å². The Labute approximate surface area is 187 Å². The van der Waals surface area contributed by atoms with Crippen molar-refractivity contribution in [3.8, 4) is 5.69 Å². The van der Waals surface area contributed by atoms with E-state index in [1.54, 1.807) is 0 Å². The van der Waals surface area contributed by atoms with Gasteiger partial charge in [-0.25, -0.2) is 0 Å². The molecule has 30 heavy (non-hydrogen) atoms. The van der Waals surface area contributed by atoms with Gasteiger partial charge in [0.2, 0.25) is 5.91 Å². The molecule has 1 aliphatic heterocycles.